The maximum absolute atomic E-state index is 5.75. The molecular weight excluding hydrogens is 324 g/mol. The molecule has 3 rings (SSSR count). The van der Waals surface area contributed by atoms with Crippen LogP contribution in [0.2, 0.25) is 0 Å². The zero-order valence-corrected chi connectivity index (χ0v) is 12.4. The average Bonchev–Trinajstić information content (AvgIpc) is 2.82. The number of halogens is 1. The molecule has 96 valence electrons. The maximum Gasteiger partial charge on any atom is 0.140 e. The Balaban J connectivity index is 1.80. The molecular formula is C14H11BrN2OS. The fourth-order valence-electron chi connectivity index (χ4n) is 1.75. The van der Waals surface area contributed by atoms with Gasteiger partial charge in [0.25, 0.3) is 0 Å². The van der Waals surface area contributed by atoms with Crippen LogP contribution in [0.25, 0.3) is 10.2 Å². The van der Waals surface area contributed by atoms with Crippen molar-refractivity contribution >= 4 is 43.2 Å². The number of nitrogens with two attached hydrogens (primary N) is 1. The zero-order chi connectivity index (χ0) is 13.2. The first-order valence-electron chi connectivity index (χ1n) is 5.74. The van der Waals surface area contributed by atoms with E-state index in [1.54, 1.807) is 17.4 Å². The van der Waals surface area contributed by atoms with E-state index in [1.807, 2.05) is 30.3 Å². The van der Waals surface area contributed by atoms with Crippen LogP contribution in [0.4, 0.5) is 5.69 Å². The third kappa shape index (κ3) is 2.72. The van der Waals surface area contributed by atoms with E-state index in [-0.39, 0.29) is 0 Å². The van der Waals surface area contributed by atoms with Crippen molar-refractivity contribution in [3.63, 3.8) is 0 Å². The average molecular weight is 335 g/mol. The van der Waals surface area contributed by atoms with Crippen molar-refractivity contribution in [1.29, 1.82) is 0 Å². The molecule has 19 heavy (non-hydrogen) atoms. The Labute approximate surface area is 123 Å². The molecule has 0 atom stereocenters. The second-order valence-corrected chi connectivity index (χ2v) is 6.02. The Morgan fingerprint density at radius 2 is 2.05 bits per heavy atom. The summed E-state index contributed by atoms with van der Waals surface area (Å²) in [4.78, 5) is 4.53. The normalized spacial score (nSPS) is 10.8. The van der Waals surface area contributed by atoms with Crippen LogP contribution in [0.3, 0.4) is 0 Å². The van der Waals surface area contributed by atoms with Crippen LogP contribution in [-0.4, -0.2) is 4.98 Å². The molecule has 0 unspecified atom stereocenters. The first kappa shape index (κ1) is 12.4. The van der Waals surface area contributed by atoms with Gasteiger partial charge < -0.3 is 10.5 Å². The minimum Gasteiger partial charge on any atom is -0.485 e. The third-order valence-electron chi connectivity index (χ3n) is 2.64. The second-order valence-electron chi connectivity index (χ2n) is 4.05. The van der Waals surface area contributed by atoms with Crippen LogP contribution < -0.4 is 10.5 Å². The van der Waals surface area contributed by atoms with Crippen LogP contribution in [-0.2, 0) is 6.61 Å². The van der Waals surface area contributed by atoms with Gasteiger partial charge in [-0.15, -0.1) is 11.3 Å². The van der Waals surface area contributed by atoms with Crippen molar-refractivity contribution in [2.24, 2.45) is 0 Å². The van der Waals surface area contributed by atoms with E-state index in [2.05, 4.69) is 27.0 Å². The Kier molecular flexibility index (Phi) is 3.40. The molecule has 1 heterocycles. The van der Waals surface area contributed by atoms with Gasteiger partial charge in [-0.3, -0.25) is 0 Å². The number of nitrogens with zero attached hydrogens (tertiary/aromatic N) is 1. The predicted octanol–water partition coefficient (Wildman–Crippen LogP) is 4.22. The number of hydrogen-bond acceptors (Lipinski definition) is 4. The molecule has 0 fully saturated rings. The lowest BCUT2D eigenvalue weighted by molar-refractivity contribution is 0.304. The fraction of sp³-hybridized carbons (Fsp3) is 0.0714. The first-order chi connectivity index (χ1) is 9.22. The number of benzene rings is 2. The van der Waals surface area contributed by atoms with Crippen molar-refractivity contribution in [2.45, 2.75) is 6.61 Å². The van der Waals surface area contributed by atoms with Crippen LogP contribution in [0.5, 0.6) is 5.75 Å². The molecule has 0 aliphatic heterocycles. The van der Waals surface area contributed by atoms with E-state index in [0.717, 1.165) is 20.7 Å². The highest BCUT2D eigenvalue weighted by Gasteiger charge is 2.06. The van der Waals surface area contributed by atoms with Crippen LogP contribution in [0, 0.1) is 0 Å². The lowest BCUT2D eigenvalue weighted by atomic mass is 10.3. The van der Waals surface area contributed by atoms with Crippen LogP contribution in [0.15, 0.2) is 46.9 Å². The summed E-state index contributed by atoms with van der Waals surface area (Å²) in [5.41, 5.74) is 7.44. The molecule has 0 spiro atoms. The summed E-state index contributed by atoms with van der Waals surface area (Å²) in [5, 5.41) is 0.954. The summed E-state index contributed by atoms with van der Waals surface area (Å²) in [6, 6.07) is 13.6. The molecule has 0 aliphatic carbocycles. The Hall–Kier alpha value is -1.59. The van der Waals surface area contributed by atoms with Gasteiger partial charge in [0.05, 0.1) is 14.7 Å². The standard InChI is InChI=1S/C14H11BrN2OS/c15-10-6-5-9(16)7-12(10)18-8-14-17-11-3-1-2-4-13(11)19-14/h1-7H,8,16H2. The fourth-order valence-corrected chi connectivity index (χ4v) is 2.99. The molecule has 5 heteroatoms. The number of fused-ring (bicyclic) bond motifs is 1. The number of thiazole rings is 1. The molecule has 0 saturated heterocycles. The summed E-state index contributed by atoms with van der Waals surface area (Å²) >= 11 is 5.09. The van der Waals surface area contributed by atoms with Crippen molar-refractivity contribution in [3.8, 4) is 5.75 Å². The van der Waals surface area contributed by atoms with Gasteiger partial charge in [0, 0.05) is 11.8 Å². The highest BCUT2D eigenvalue weighted by atomic mass is 79.9. The van der Waals surface area contributed by atoms with Gasteiger partial charge in [0.15, 0.2) is 0 Å². The van der Waals surface area contributed by atoms with Gasteiger partial charge in [-0.25, -0.2) is 4.98 Å². The molecule has 3 aromatic rings. The molecule has 0 bridgehead atoms. The van der Waals surface area contributed by atoms with Crippen molar-refractivity contribution in [1.82, 2.24) is 4.98 Å². The van der Waals surface area contributed by atoms with Crippen LogP contribution in [0.1, 0.15) is 5.01 Å². The van der Waals surface area contributed by atoms with Gasteiger partial charge in [-0.1, -0.05) is 12.1 Å². The molecule has 0 saturated carbocycles. The van der Waals surface area contributed by atoms with E-state index in [4.69, 9.17) is 10.5 Å². The highest BCUT2D eigenvalue weighted by molar-refractivity contribution is 9.10. The van der Waals surface area contributed by atoms with Gasteiger partial charge in [-0.05, 0) is 40.2 Å². The summed E-state index contributed by atoms with van der Waals surface area (Å²) in [6.45, 7) is 0.446. The molecule has 1 aromatic heterocycles. The van der Waals surface area contributed by atoms with E-state index in [1.165, 1.54) is 4.70 Å². The number of aromatic nitrogens is 1. The van der Waals surface area contributed by atoms with E-state index in [0.29, 0.717) is 12.3 Å². The van der Waals surface area contributed by atoms with Gasteiger partial charge >= 0.3 is 0 Å². The minimum absolute atomic E-state index is 0.446. The zero-order valence-electron chi connectivity index (χ0n) is 9.97. The first-order valence-corrected chi connectivity index (χ1v) is 7.35. The summed E-state index contributed by atoms with van der Waals surface area (Å²) < 4.78 is 7.82. The van der Waals surface area contributed by atoms with Gasteiger partial charge in [-0.2, -0.15) is 0 Å². The Morgan fingerprint density at radius 3 is 2.89 bits per heavy atom. The maximum atomic E-state index is 5.75. The summed E-state index contributed by atoms with van der Waals surface area (Å²) in [6.07, 6.45) is 0. The number of para-hydroxylation sites is 1. The van der Waals surface area contributed by atoms with Crippen molar-refractivity contribution in [2.75, 3.05) is 5.73 Å². The number of nitrogen functional groups attached to an aromatic ring is 1. The Bertz CT molecular complexity index is 693. The number of ether oxygens (including phenoxy) is 1. The molecule has 3 nitrogen and oxygen atoms in total. The number of rotatable bonds is 3. The smallest absolute Gasteiger partial charge is 0.140 e. The van der Waals surface area contributed by atoms with E-state index >= 15 is 0 Å². The molecule has 0 aliphatic rings. The van der Waals surface area contributed by atoms with Crippen LogP contribution >= 0.6 is 27.3 Å². The molecule has 2 aromatic carbocycles. The van der Waals surface area contributed by atoms with Gasteiger partial charge in [0.1, 0.15) is 17.4 Å². The van der Waals surface area contributed by atoms with Gasteiger partial charge in [0.2, 0.25) is 0 Å². The quantitative estimate of drug-likeness (QED) is 0.729. The molecule has 2 N–H and O–H groups in total. The third-order valence-corrected chi connectivity index (χ3v) is 4.31. The lowest BCUT2D eigenvalue weighted by Crippen LogP contribution is -1.96. The predicted molar refractivity (Wildman–Crippen MR) is 82.5 cm³/mol. The molecule has 0 radical (unpaired) electrons. The van der Waals surface area contributed by atoms with Crippen molar-refractivity contribution < 1.29 is 4.74 Å². The number of hydrogen-bond donors (Lipinski definition) is 1. The summed E-state index contributed by atoms with van der Waals surface area (Å²) in [5.74, 6) is 0.735. The topological polar surface area (TPSA) is 48.1 Å². The second kappa shape index (κ2) is 5.19. The largest absolute Gasteiger partial charge is 0.485 e. The van der Waals surface area contributed by atoms with Crippen molar-refractivity contribution in [3.05, 3.63) is 51.9 Å². The molecule has 0 amide bonds. The monoisotopic (exact) mass is 334 g/mol. The highest BCUT2D eigenvalue weighted by Crippen LogP contribution is 2.29. The summed E-state index contributed by atoms with van der Waals surface area (Å²) in [7, 11) is 0. The van der Waals surface area contributed by atoms with E-state index < -0.39 is 0 Å². The number of anilines is 1. The SMILES string of the molecule is Nc1ccc(Br)c(OCc2nc3ccccc3s2)c1. The minimum atomic E-state index is 0.446. The Morgan fingerprint density at radius 1 is 1.21 bits per heavy atom. The lowest BCUT2D eigenvalue weighted by Gasteiger charge is -2.06. The van der Waals surface area contributed by atoms with E-state index in [9.17, 15) is 0 Å².